The topological polar surface area (TPSA) is 51.1 Å². The van der Waals surface area contributed by atoms with E-state index in [1.54, 1.807) is 21.2 Å². The van der Waals surface area contributed by atoms with Gasteiger partial charge < -0.3 is 9.47 Å². The van der Waals surface area contributed by atoms with Gasteiger partial charge in [-0.3, -0.25) is 14.7 Å². The van der Waals surface area contributed by atoms with E-state index in [0.29, 0.717) is 28.2 Å². The van der Waals surface area contributed by atoms with E-state index < -0.39 is 0 Å². The Hall–Kier alpha value is -1.77. The van der Waals surface area contributed by atoms with E-state index in [2.05, 4.69) is 36.9 Å². The molecule has 1 heterocycles. The first-order valence-corrected chi connectivity index (χ1v) is 10.7. The fourth-order valence-corrected chi connectivity index (χ4v) is 4.19. The predicted molar refractivity (Wildman–Crippen MR) is 121 cm³/mol. The number of carbonyl (C=O) groups excluding carboxylic acids is 1. The quantitative estimate of drug-likeness (QED) is 0.495. The van der Waals surface area contributed by atoms with Crippen LogP contribution < -0.4 is 9.47 Å². The summed E-state index contributed by atoms with van der Waals surface area (Å²) in [6.07, 6.45) is 1.83. The highest BCUT2D eigenvalue weighted by Crippen LogP contribution is 2.38. The first-order chi connectivity index (χ1) is 13.4. The fraction of sp³-hybridized carbons (Fsp3) is 0.200. The zero-order valence-corrected chi connectivity index (χ0v) is 19.5. The van der Waals surface area contributed by atoms with E-state index >= 15 is 0 Å². The number of hydrogen-bond acceptors (Lipinski definition) is 5. The standard InChI is InChI=1S/C20H18Br2N2O3S/c1-23-20-24(2)19(25)18(28-20)9-13-8-16(26-3)17(10-15(13)22)27-11-12-4-6-14(21)7-5-12/h4-10H,11H2,1-3H3/b18-9-,23-20?. The second-order valence-electron chi connectivity index (χ2n) is 5.92. The number of carbonyl (C=O) groups is 1. The lowest BCUT2D eigenvalue weighted by Crippen LogP contribution is -2.23. The summed E-state index contributed by atoms with van der Waals surface area (Å²) in [5.41, 5.74) is 1.88. The molecule has 0 radical (unpaired) electrons. The van der Waals surface area contributed by atoms with Gasteiger partial charge in [-0.15, -0.1) is 0 Å². The molecule has 5 nitrogen and oxygen atoms in total. The van der Waals surface area contributed by atoms with Crippen molar-refractivity contribution in [3.05, 3.63) is 61.4 Å². The molecule has 1 fully saturated rings. The van der Waals surface area contributed by atoms with Crippen molar-refractivity contribution < 1.29 is 14.3 Å². The van der Waals surface area contributed by atoms with Crippen molar-refractivity contribution in [2.45, 2.75) is 6.61 Å². The number of aliphatic imine (C=N–C) groups is 1. The van der Waals surface area contributed by atoms with E-state index in [1.165, 1.54) is 16.7 Å². The summed E-state index contributed by atoms with van der Waals surface area (Å²) in [6, 6.07) is 11.6. The molecule has 8 heteroatoms. The predicted octanol–water partition coefficient (Wildman–Crippen LogP) is 5.33. The SMILES string of the molecule is CN=C1S/C(=C\c2cc(OC)c(OCc3ccc(Br)cc3)cc2Br)C(=O)N1C. The second-order valence-corrected chi connectivity index (χ2v) is 8.70. The number of ether oxygens (including phenoxy) is 2. The number of rotatable bonds is 5. The summed E-state index contributed by atoms with van der Waals surface area (Å²) in [7, 11) is 4.98. The van der Waals surface area contributed by atoms with Gasteiger partial charge in [0.2, 0.25) is 0 Å². The summed E-state index contributed by atoms with van der Waals surface area (Å²) in [6.45, 7) is 0.423. The lowest BCUT2D eigenvalue weighted by Gasteiger charge is -2.13. The van der Waals surface area contributed by atoms with Crippen LogP contribution in [0.4, 0.5) is 0 Å². The van der Waals surface area contributed by atoms with Crippen LogP contribution >= 0.6 is 43.6 Å². The Morgan fingerprint density at radius 1 is 1.18 bits per heavy atom. The van der Waals surface area contributed by atoms with Crippen LogP contribution in [0, 0.1) is 0 Å². The highest BCUT2D eigenvalue weighted by atomic mass is 79.9. The van der Waals surface area contributed by atoms with Gasteiger partial charge in [0.05, 0.1) is 12.0 Å². The molecule has 2 aromatic rings. The van der Waals surface area contributed by atoms with Gasteiger partial charge in [-0.2, -0.15) is 0 Å². The molecule has 28 heavy (non-hydrogen) atoms. The largest absolute Gasteiger partial charge is 0.493 e. The number of hydrogen-bond donors (Lipinski definition) is 0. The number of methoxy groups -OCH3 is 1. The van der Waals surface area contributed by atoms with Crippen LogP contribution in [-0.2, 0) is 11.4 Å². The van der Waals surface area contributed by atoms with Crippen molar-refractivity contribution in [1.29, 1.82) is 0 Å². The van der Waals surface area contributed by atoms with E-state index in [0.717, 1.165) is 20.1 Å². The minimum atomic E-state index is -0.0768. The summed E-state index contributed by atoms with van der Waals surface area (Å²) >= 11 is 8.34. The lowest BCUT2D eigenvalue weighted by molar-refractivity contribution is -0.121. The molecule has 0 N–H and O–H groups in total. The Balaban J connectivity index is 1.84. The number of halogens is 2. The molecule has 1 aliphatic heterocycles. The van der Waals surface area contributed by atoms with Crippen molar-refractivity contribution in [3.63, 3.8) is 0 Å². The van der Waals surface area contributed by atoms with Crippen LogP contribution in [-0.4, -0.2) is 37.2 Å². The summed E-state index contributed by atoms with van der Waals surface area (Å²) in [5.74, 6) is 1.14. The van der Waals surface area contributed by atoms with E-state index in [9.17, 15) is 4.79 Å². The molecule has 1 saturated heterocycles. The smallest absolute Gasteiger partial charge is 0.266 e. The molecule has 0 unspecified atom stereocenters. The monoisotopic (exact) mass is 524 g/mol. The van der Waals surface area contributed by atoms with Gasteiger partial charge in [-0.1, -0.05) is 44.0 Å². The van der Waals surface area contributed by atoms with Gasteiger partial charge in [-0.05, 0) is 53.2 Å². The normalized spacial score (nSPS) is 16.9. The molecule has 2 aromatic carbocycles. The van der Waals surface area contributed by atoms with Crippen LogP contribution in [0.2, 0.25) is 0 Å². The summed E-state index contributed by atoms with van der Waals surface area (Å²) in [5, 5.41) is 0.675. The van der Waals surface area contributed by atoms with E-state index in [4.69, 9.17) is 9.47 Å². The number of likely N-dealkylation sites (N-methyl/N-ethyl adjacent to an activating group) is 1. The summed E-state index contributed by atoms with van der Waals surface area (Å²) < 4.78 is 13.3. The number of benzene rings is 2. The average Bonchev–Trinajstić information content (AvgIpc) is 2.97. The molecule has 1 amide bonds. The molecule has 0 saturated carbocycles. The van der Waals surface area contributed by atoms with Crippen LogP contribution in [0.3, 0.4) is 0 Å². The average molecular weight is 526 g/mol. The van der Waals surface area contributed by atoms with Gasteiger partial charge in [0.15, 0.2) is 16.7 Å². The number of amidine groups is 1. The highest BCUT2D eigenvalue weighted by Gasteiger charge is 2.30. The molecule has 0 bridgehead atoms. The van der Waals surface area contributed by atoms with Crippen LogP contribution in [0.15, 0.2) is 55.2 Å². The third-order valence-electron chi connectivity index (χ3n) is 4.07. The highest BCUT2D eigenvalue weighted by molar-refractivity contribution is 9.10. The maximum atomic E-state index is 12.4. The van der Waals surface area contributed by atoms with Crippen molar-refractivity contribution in [2.75, 3.05) is 21.2 Å². The summed E-state index contributed by atoms with van der Waals surface area (Å²) in [4.78, 5) is 18.6. The fourth-order valence-electron chi connectivity index (χ4n) is 2.57. The van der Waals surface area contributed by atoms with Gasteiger partial charge in [0, 0.05) is 23.0 Å². The zero-order chi connectivity index (χ0) is 20.3. The molecular formula is C20H18Br2N2O3S. The van der Waals surface area contributed by atoms with E-state index in [1.807, 2.05) is 42.5 Å². The number of nitrogens with zero attached hydrogens (tertiary/aromatic N) is 2. The van der Waals surface area contributed by atoms with Gasteiger partial charge >= 0.3 is 0 Å². The van der Waals surface area contributed by atoms with Crippen LogP contribution in [0.1, 0.15) is 11.1 Å². The third-order valence-corrected chi connectivity index (χ3v) is 6.44. The number of thioether (sulfide) groups is 1. The first-order valence-electron chi connectivity index (χ1n) is 8.32. The minimum absolute atomic E-state index is 0.0768. The number of amides is 1. The molecule has 0 spiro atoms. The Morgan fingerprint density at radius 2 is 1.89 bits per heavy atom. The Labute approximate surface area is 185 Å². The first kappa shape index (κ1) is 21.0. The van der Waals surface area contributed by atoms with Crippen LogP contribution in [0.25, 0.3) is 6.08 Å². The van der Waals surface area contributed by atoms with Gasteiger partial charge in [-0.25, -0.2) is 0 Å². The van der Waals surface area contributed by atoms with Crippen LogP contribution in [0.5, 0.6) is 11.5 Å². The Morgan fingerprint density at radius 3 is 2.50 bits per heavy atom. The second kappa shape index (κ2) is 9.15. The Bertz CT molecular complexity index is 959. The van der Waals surface area contributed by atoms with Crippen molar-refractivity contribution >= 4 is 60.8 Å². The molecule has 0 aromatic heterocycles. The van der Waals surface area contributed by atoms with Crippen molar-refractivity contribution in [1.82, 2.24) is 4.90 Å². The molecular weight excluding hydrogens is 508 g/mol. The van der Waals surface area contributed by atoms with Crippen molar-refractivity contribution in [3.8, 4) is 11.5 Å². The molecule has 0 aliphatic carbocycles. The Kier molecular flexibility index (Phi) is 6.85. The maximum absolute atomic E-state index is 12.4. The van der Waals surface area contributed by atoms with Gasteiger partial charge in [0.25, 0.3) is 5.91 Å². The maximum Gasteiger partial charge on any atom is 0.266 e. The molecule has 146 valence electrons. The zero-order valence-electron chi connectivity index (χ0n) is 15.5. The van der Waals surface area contributed by atoms with E-state index in [-0.39, 0.29) is 5.91 Å². The third kappa shape index (κ3) is 4.61. The molecule has 1 aliphatic rings. The lowest BCUT2D eigenvalue weighted by atomic mass is 10.1. The van der Waals surface area contributed by atoms with Gasteiger partial charge in [0.1, 0.15) is 6.61 Å². The minimum Gasteiger partial charge on any atom is -0.493 e. The van der Waals surface area contributed by atoms with Crippen molar-refractivity contribution in [2.24, 2.45) is 4.99 Å². The molecule has 3 rings (SSSR count). The molecule has 0 atom stereocenters.